The number of anilines is 2. The van der Waals surface area contributed by atoms with E-state index in [1.54, 1.807) is 19.9 Å². The van der Waals surface area contributed by atoms with E-state index in [9.17, 15) is 28.5 Å². The topological polar surface area (TPSA) is 183 Å². The summed E-state index contributed by atoms with van der Waals surface area (Å²) in [6.07, 6.45) is -4.08. The van der Waals surface area contributed by atoms with Gasteiger partial charge in [0.15, 0.2) is 6.23 Å². The van der Waals surface area contributed by atoms with Crippen LogP contribution in [0.4, 0.5) is 11.6 Å². The number of nitrogens with zero attached hydrogens (tertiary/aromatic N) is 2. The number of ether oxygens (including phenoxy) is 1. The predicted molar refractivity (Wildman–Crippen MR) is 127 cm³/mol. The summed E-state index contributed by atoms with van der Waals surface area (Å²) in [6.45, 7) is 4.75. The van der Waals surface area contributed by atoms with Crippen LogP contribution in [0.5, 0.6) is 0 Å². The molecule has 1 aliphatic rings. The largest absolute Gasteiger partial charge is 0.394 e. The van der Waals surface area contributed by atoms with Crippen molar-refractivity contribution in [3.63, 3.8) is 0 Å². The summed E-state index contributed by atoms with van der Waals surface area (Å²) in [5.41, 5.74) is 1.67. The normalized spacial score (nSPS) is 24.6. The van der Waals surface area contributed by atoms with Gasteiger partial charge in [-0.25, -0.2) is 23.1 Å². The first-order chi connectivity index (χ1) is 16.5. The highest BCUT2D eigenvalue weighted by Crippen LogP contribution is 2.24. The van der Waals surface area contributed by atoms with Gasteiger partial charge in [-0.3, -0.25) is 4.79 Å². The van der Waals surface area contributed by atoms with Gasteiger partial charge in [0.05, 0.1) is 11.5 Å². The van der Waals surface area contributed by atoms with E-state index in [1.165, 1.54) is 24.3 Å². The summed E-state index contributed by atoms with van der Waals surface area (Å²) in [6, 6.07) is 6.39. The maximum Gasteiger partial charge on any atom is 0.264 e. The average molecular weight is 510 g/mol. The van der Waals surface area contributed by atoms with Gasteiger partial charge in [-0.15, -0.1) is 0 Å². The number of aliphatic hydroxyl groups excluding tert-OH is 3. The summed E-state index contributed by atoms with van der Waals surface area (Å²) in [5.74, 6) is -0.365. The number of nitrogens with one attached hydrogen (secondary N) is 3. The van der Waals surface area contributed by atoms with Gasteiger partial charge in [0, 0.05) is 23.5 Å². The Bertz CT molecular complexity index is 1110. The van der Waals surface area contributed by atoms with Crippen LogP contribution in [0.1, 0.15) is 31.2 Å². The number of hydrogen-bond donors (Lipinski definition) is 6. The number of carbonyl (C=O) groups is 1. The molecule has 0 aliphatic carbocycles. The molecular formula is C22H31N5O7S. The number of amides is 1. The molecule has 5 atom stereocenters. The van der Waals surface area contributed by atoms with Crippen LogP contribution in [0.2, 0.25) is 0 Å². The number of aliphatic hydroxyl groups is 3. The van der Waals surface area contributed by atoms with Gasteiger partial charge in [0.1, 0.15) is 24.4 Å². The Morgan fingerprint density at radius 3 is 2.29 bits per heavy atom. The highest BCUT2D eigenvalue weighted by atomic mass is 32.2. The molecule has 2 heterocycles. The summed E-state index contributed by atoms with van der Waals surface area (Å²) < 4.78 is 33.5. The number of sulfonamides is 1. The van der Waals surface area contributed by atoms with Crippen LogP contribution < -0.4 is 15.4 Å². The molecule has 0 saturated carbocycles. The van der Waals surface area contributed by atoms with Gasteiger partial charge in [0.2, 0.25) is 11.9 Å². The van der Waals surface area contributed by atoms with E-state index in [-0.39, 0.29) is 23.2 Å². The third-order valence-electron chi connectivity index (χ3n) is 5.41. The van der Waals surface area contributed by atoms with Crippen LogP contribution in [-0.4, -0.2) is 76.8 Å². The molecule has 13 heteroatoms. The average Bonchev–Trinajstić information content (AvgIpc) is 2.78. The lowest BCUT2D eigenvalue weighted by molar-refractivity contribution is -0.188. The van der Waals surface area contributed by atoms with Crippen LogP contribution in [0, 0.1) is 13.8 Å². The van der Waals surface area contributed by atoms with Crippen LogP contribution >= 0.6 is 0 Å². The molecule has 0 spiro atoms. The Morgan fingerprint density at radius 2 is 1.71 bits per heavy atom. The second kappa shape index (κ2) is 11.3. The van der Waals surface area contributed by atoms with Crippen molar-refractivity contribution in [3.8, 4) is 0 Å². The Morgan fingerprint density at radius 1 is 1.09 bits per heavy atom. The van der Waals surface area contributed by atoms with Crippen LogP contribution in [0.3, 0.4) is 0 Å². The van der Waals surface area contributed by atoms with Gasteiger partial charge in [-0.1, -0.05) is 6.92 Å². The molecule has 1 fully saturated rings. The molecule has 0 bridgehead atoms. The summed E-state index contributed by atoms with van der Waals surface area (Å²) >= 11 is 0. The molecular weight excluding hydrogens is 478 g/mol. The molecule has 1 aromatic heterocycles. The first-order valence-corrected chi connectivity index (χ1v) is 12.7. The zero-order valence-corrected chi connectivity index (χ0v) is 20.5. The minimum Gasteiger partial charge on any atom is -0.394 e. The zero-order valence-electron chi connectivity index (χ0n) is 19.7. The zero-order chi connectivity index (χ0) is 25.8. The predicted octanol–water partition coefficient (Wildman–Crippen LogP) is 0.0300. The Balaban J connectivity index is 1.77. The van der Waals surface area contributed by atoms with Gasteiger partial charge in [-0.2, -0.15) is 0 Å². The van der Waals surface area contributed by atoms with E-state index in [4.69, 9.17) is 4.74 Å². The molecule has 0 unspecified atom stereocenters. The van der Waals surface area contributed by atoms with E-state index >= 15 is 0 Å². The molecule has 1 saturated heterocycles. The monoisotopic (exact) mass is 509 g/mol. The van der Waals surface area contributed by atoms with Crippen molar-refractivity contribution in [1.29, 1.82) is 0 Å². The van der Waals surface area contributed by atoms with Gasteiger partial charge in [-0.05, 0) is 50.6 Å². The van der Waals surface area contributed by atoms with Crippen molar-refractivity contribution in [1.82, 2.24) is 15.3 Å². The molecule has 1 aromatic carbocycles. The molecule has 35 heavy (non-hydrogen) atoms. The Hall–Kier alpha value is -2.84. The van der Waals surface area contributed by atoms with Crippen LogP contribution in [0.15, 0.2) is 35.2 Å². The summed E-state index contributed by atoms with van der Waals surface area (Å²) in [4.78, 5) is 20.3. The fraction of sp³-hybridized carbons (Fsp3) is 0.500. The quantitative estimate of drug-likeness (QED) is 0.270. The van der Waals surface area contributed by atoms with E-state index in [2.05, 4.69) is 25.3 Å². The Kier molecular flexibility index (Phi) is 8.61. The number of aromatic nitrogens is 2. The number of aryl methyl sites for hydroxylation is 2. The molecule has 6 N–H and O–H groups in total. The van der Waals surface area contributed by atoms with E-state index in [0.29, 0.717) is 23.5 Å². The number of rotatable bonds is 9. The lowest BCUT2D eigenvalue weighted by Crippen LogP contribution is -2.66. The molecule has 1 amide bonds. The van der Waals surface area contributed by atoms with Crippen LogP contribution in [0.25, 0.3) is 0 Å². The molecule has 3 rings (SSSR count). The standard InChI is InChI=1S/C22H31N5O7S/c1-4-5-17(29)26-18-20(31)19(30)16(11-28)34-21(18)25-14-6-8-15(9-7-14)35(32,33)27-22-23-12(2)10-13(3)24-22/h6-10,16,18-21,25,28,30-31H,4-5,11H2,1-3H3,(H,26,29)(H,23,24,27)/t16-,18-,19+,20+,21-/m0/s1. The maximum absolute atomic E-state index is 12.7. The van der Waals surface area contributed by atoms with Crippen molar-refractivity contribution in [2.75, 3.05) is 16.6 Å². The second-order valence-corrected chi connectivity index (χ2v) is 10.0. The minimum absolute atomic E-state index is 0.0337. The second-order valence-electron chi connectivity index (χ2n) is 8.35. The maximum atomic E-state index is 12.7. The van der Waals surface area contributed by atoms with Crippen molar-refractivity contribution < 1.29 is 33.3 Å². The van der Waals surface area contributed by atoms with Gasteiger partial charge in [0.25, 0.3) is 10.0 Å². The van der Waals surface area contributed by atoms with E-state index in [0.717, 1.165) is 0 Å². The number of hydrogen-bond acceptors (Lipinski definition) is 10. The summed E-state index contributed by atoms with van der Waals surface area (Å²) in [7, 11) is -3.96. The fourth-order valence-electron chi connectivity index (χ4n) is 3.73. The molecule has 192 valence electrons. The third-order valence-corrected chi connectivity index (χ3v) is 6.76. The third kappa shape index (κ3) is 6.64. The van der Waals surface area contributed by atoms with Crippen molar-refractivity contribution >= 4 is 27.6 Å². The number of carbonyl (C=O) groups excluding carboxylic acids is 1. The number of benzene rings is 1. The first kappa shape index (κ1) is 26.8. The molecule has 0 radical (unpaired) electrons. The SMILES string of the molecule is CCCC(=O)N[C@H]1[C@@H](O)[C@H](O)[C@H](CO)O[C@@H]1Nc1ccc(S(=O)(=O)Nc2nc(C)cc(C)n2)cc1. The van der Waals surface area contributed by atoms with Crippen molar-refractivity contribution in [3.05, 3.63) is 41.7 Å². The van der Waals surface area contributed by atoms with Crippen molar-refractivity contribution in [2.24, 2.45) is 0 Å². The minimum atomic E-state index is -3.96. The lowest BCUT2D eigenvalue weighted by atomic mass is 9.95. The van der Waals surface area contributed by atoms with E-state index < -0.39 is 47.2 Å². The van der Waals surface area contributed by atoms with E-state index in [1.807, 2.05) is 6.92 Å². The van der Waals surface area contributed by atoms with Crippen molar-refractivity contribution in [2.45, 2.75) is 69.1 Å². The van der Waals surface area contributed by atoms with Crippen LogP contribution in [-0.2, 0) is 19.6 Å². The molecule has 1 aliphatic heterocycles. The smallest absolute Gasteiger partial charge is 0.264 e. The molecule has 12 nitrogen and oxygen atoms in total. The molecule has 2 aromatic rings. The fourth-order valence-corrected chi connectivity index (χ4v) is 4.68. The summed E-state index contributed by atoms with van der Waals surface area (Å²) in [5, 5.41) is 35.9. The highest BCUT2D eigenvalue weighted by Gasteiger charge is 2.45. The lowest BCUT2D eigenvalue weighted by Gasteiger charge is -2.43. The van der Waals surface area contributed by atoms with Gasteiger partial charge >= 0.3 is 0 Å². The highest BCUT2D eigenvalue weighted by molar-refractivity contribution is 7.92. The first-order valence-electron chi connectivity index (χ1n) is 11.2. The Labute approximate surface area is 203 Å². The van der Waals surface area contributed by atoms with Gasteiger partial charge < -0.3 is 30.7 Å².